The summed E-state index contributed by atoms with van der Waals surface area (Å²) in [6, 6.07) is 12.4. The van der Waals surface area contributed by atoms with E-state index in [1.807, 2.05) is 24.3 Å². The molecule has 1 aliphatic heterocycles. The van der Waals surface area contributed by atoms with Crippen LogP contribution in [0.4, 0.5) is 4.39 Å². The summed E-state index contributed by atoms with van der Waals surface area (Å²) in [4.78, 5) is 11.3. The Bertz CT molecular complexity index is 858. The number of fused-ring (bicyclic) bond motifs is 1. The molecule has 0 bridgehead atoms. The van der Waals surface area contributed by atoms with Crippen molar-refractivity contribution >= 4 is 11.4 Å². The van der Waals surface area contributed by atoms with Crippen molar-refractivity contribution in [1.82, 2.24) is 0 Å². The lowest BCUT2D eigenvalue weighted by Gasteiger charge is -2.18. The first kappa shape index (κ1) is 17.2. The second-order valence-electron chi connectivity index (χ2n) is 7.04. The van der Waals surface area contributed by atoms with Gasteiger partial charge in [0.2, 0.25) is 0 Å². The van der Waals surface area contributed by atoms with Crippen molar-refractivity contribution in [3.8, 4) is 16.9 Å². The quantitative estimate of drug-likeness (QED) is 0.698. The standard InChI is InChI=1S/C22H21FO2/c1-15(24)4-5-18-13-22(2,3)14-25-21-12-17(8-11-20(18)21)16-6-9-19(23)10-7-16/h4-13H,14H2,1-3H3/b5-4+. The number of carbonyl (C=O) groups is 1. The Morgan fingerprint density at radius 1 is 1.12 bits per heavy atom. The molecule has 3 rings (SSSR count). The minimum Gasteiger partial charge on any atom is -0.492 e. The second kappa shape index (κ2) is 6.67. The summed E-state index contributed by atoms with van der Waals surface area (Å²) in [7, 11) is 0. The maximum Gasteiger partial charge on any atom is 0.152 e. The van der Waals surface area contributed by atoms with Gasteiger partial charge in [0.15, 0.2) is 5.78 Å². The molecule has 0 radical (unpaired) electrons. The molecular weight excluding hydrogens is 315 g/mol. The third-order valence-corrected chi connectivity index (χ3v) is 4.11. The highest BCUT2D eigenvalue weighted by Crippen LogP contribution is 2.38. The molecule has 0 aromatic heterocycles. The number of ketones is 1. The summed E-state index contributed by atoms with van der Waals surface area (Å²) in [6.07, 6.45) is 5.55. The zero-order valence-electron chi connectivity index (χ0n) is 14.7. The minimum absolute atomic E-state index is 0.00773. The van der Waals surface area contributed by atoms with Crippen LogP contribution < -0.4 is 4.74 Å². The third kappa shape index (κ3) is 4.05. The Hall–Kier alpha value is -2.68. The fourth-order valence-corrected chi connectivity index (χ4v) is 2.85. The van der Waals surface area contributed by atoms with Crippen LogP contribution in [0.15, 0.2) is 60.7 Å². The first-order valence-corrected chi connectivity index (χ1v) is 8.29. The van der Waals surface area contributed by atoms with Gasteiger partial charge in [0.05, 0.1) is 6.61 Å². The van der Waals surface area contributed by atoms with Crippen LogP contribution in [0.2, 0.25) is 0 Å². The van der Waals surface area contributed by atoms with Gasteiger partial charge in [-0.2, -0.15) is 0 Å². The molecule has 1 aliphatic rings. The van der Waals surface area contributed by atoms with Gasteiger partial charge in [0, 0.05) is 11.0 Å². The van der Waals surface area contributed by atoms with Crippen LogP contribution in [-0.2, 0) is 4.79 Å². The highest BCUT2D eigenvalue weighted by atomic mass is 19.1. The zero-order valence-corrected chi connectivity index (χ0v) is 14.7. The second-order valence-corrected chi connectivity index (χ2v) is 7.04. The van der Waals surface area contributed by atoms with E-state index in [0.717, 1.165) is 28.0 Å². The van der Waals surface area contributed by atoms with Crippen molar-refractivity contribution < 1.29 is 13.9 Å². The van der Waals surface area contributed by atoms with Crippen molar-refractivity contribution in [2.45, 2.75) is 20.8 Å². The summed E-state index contributed by atoms with van der Waals surface area (Å²) in [5.41, 5.74) is 3.67. The molecule has 0 N–H and O–H groups in total. The third-order valence-electron chi connectivity index (χ3n) is 4.11. The molecule has 2 aromatic rings. The van der Waals surface area contributed by atoms with Gasteiger partial charge in [-0.1, -0.05) is 50.3 Å². The van der Waals surface area contributed by atoms with Crippen molar-refractivity contribution in [2.75, 3.05) is 6.61 Å². The molecule has 2 aromatic carbocycles. The highest BCUT2D eigenvalue weighted by Gasteiger charge is 2.23. The fraction of sp³-hybridized carbons (Fsp3) is 0.227. The van der Waals surface area contributed by atoms with E-state index < -0.39 is 0 Å². The average molecular weight is 336 g/mol. The highest BCUT2D eigenvalue weighted by molar-refractivity contribution is 5.92. The Labute approximate surface area is 147 Å². The maximum absolute atomic E-state index is 13.1. The van der Waals surface area contributed by atoms with E-state index in [2.05, 4.69) is 19.9 Å². The van der Waals surface area contributed by atoms with Gasteiger partial charge in [-0.25, -0.2) is 4.39 Å². The van der Waals surface area contributed by atoms with Crippen molar-refractivity contribution in [2.24, 2.45) is 5.41 Å². The van der Waals surface area contributed by atoms with Crippen LogP contribution in [0.3, 0.4) is 0 Å². The number of benzene rings is 2. The first-order valence-electron chi connectivity index (χ1n) is 8.29. The average Bonchev–Trinajstić information content (AvgIpc) is 2.69. The van der Waals surface area contributed by atoms with Gasteiger partial charge in [0.1, 0.15) is 11.6 Å². The Morgan fingerprint density at radius 3 is 2.48 bits per heavy atom. The molecule has 128 valence electrons. The van der Waals surface area contributed by atoms with Gasteiger partial charge in [0.25, 0.3) is 0 Å². The van der Waals surface area contributed by atoms with Crippen LogP contribution in [0.5, 0.6) is 5.75 Å². The number of allylic oxidation sites excluding steroid dienone is 3. The molecule has 0 aliphatic carbocycles. The van der Waals surface area contributed by atoms with E-state index in [0.29, 0.717) is 6.61 Å². The van der Waals surface area contributed by atoms with Gasteiger partial charge in [-0.05, 0) is 47.9 Å². The molecule has 0 saturated heterocycles. The van der Waals surface area contributed by atoms with Gasteiger partial charge >= 0.3 is 0 Å². The number of carbonyl (C=O) groups excluding carboxylic acids is 1. The number of ether oxygens (including phenoxy) is 1. The summed E-state index contributed by atoms with van der Waals surface area (Å²) >= 11 is 0. The molecular formula is C22H21FO2. The van der Waals surface area contributed by atoms with E-state index in [1.165, 1.54) is 19.1 Å². The first-order chi connectivity index (χ1) is 11.8. The molecule has 0 fully saturated rings. The predicted octanol–water partition coefficient (Wildman–Crippen LogP) is 5.44. The van der Waals surface area contributed by atoms with Crippen molar-refractivity contribution in [3.05, 3.63) is 72.1 Å². The van der Waals surface area contributed by atoms with E-state index in [4.69, 9.17) is 4.74 Å². The lowest BCUT2D eigenvalue weighted by molar-refractivity contribution is -0.112. The number of hydrogen-bond acceptors (Lipinski definition) is 2. The fourth-order valence-electron chi connectivity index (χ4n) is 2.85. The smallest absolute Gasteiger partial charge is 0.152 e. The normalized spacial score (nSPS) is 15.9. The van der Waals surface area contributed by atoms with Gasteiger partial charge < -0.3 is 4.74 Å². The zero-order chi connectivity index (χ0) is 18.0. The molecule has 1 heterocycles. The Balaban J connectivity index is 2.05. The Kier molecular flexibility index (Phi) is 4.58. The molecule has 2 nitrogen and oxygen atoms in total. The molecule has 0 atom stereocenters. The monoisotopic (exact) mass is 336 g/mol. The molecule has 0 unspecified atom stereocenters. The topological polar surface area (TPSA) is 26.3 Å². The lowest BCUT2D eigenvalue weighted by atomic mass is 9.90. The molecule has 25 heavy (non-hydrogen) atoms. The van der Waals surface area contributed by atoms with E-state index >= 15 is 0 Å². The molecule has 0 spiro atoms. The van der Waals surface area contributed by atoms with E-state index in [-0.39, 0.29) is 17.0 Å². The summed E-state index contributed by atoms with van der Waals surface area (Å²) in [5, 5.41) is 0. The number of rotatable bonds is 3. The molecule has 0 amide bonds. The van der Waals surface area contributed by atoms with Crippen molar-refractivity contribution in [1.29, 1.82) is 0 Å². The molecule has 0 saturated carbocycles. The number of halogens is 1. The summed E-state index contributed by atoms with van der Waals surface area (Å²) in [6.45, 7) is 6.28. The lowest BCUT2D eigenvalue weighted by Crippen LogP contribution is -2.17. The van der Waals surface area contributed by atoms with Gasteiger partial charge in [-0.15, -0.1) is 0 Å². The maximum atomic E-state index is 13.1. The van der Waals surface area contributed by atoms with Crippen LogP contribution in [-0.4, -0.2) is 12.4 Å². The minimum atomic E-state index is -0.254. The SMILES string of the molecule is CC(=O)/C=C/C1=CC(C)(C)COc2cc(-c3ccc(F)cc3)ccc21. The van der Waals surface area contributed by atoms with E-state index in [9.17, 15) is 9.18 Å². The Morgan fingerprint density at radius 2 is 1.80 bits per heavy atom. The number of hydrogen-bond donors (Lipinski definition) is 0. The van der Waals surface area contributed by atoms with E-state index in [1.54, 1.807) is 18.2 Å². The molecule has 3 heteroatoms. The van der Waals surface area contributed by atoms with Crippen LogP contribution in [0.25, 0.3) is 16.7 Å². The van der Waals surface area contributed by atoms with Crippen LogP contribution in [0.1, 0.15) is 26.3 Å². The van der Waals surface area contributed by atoms with Crippen molar-refractivity contribution in [3.63, 3.8) is 0 Å². The van der Waals surface area contributed by atoms with Crippen LogP contribution >= 0.6 is 0 Å². The summed E-state index contributed by atoms with van der Waals surface area (Å²) in [5.74, 6) is 0.524. The summed E-state index contributed by atoms with van der Waals surface area (Å²) < 4.78 is 19.2. The van der Waals surface area contributed by atoms with Crippen LogP contribution in [0, 0.1) is 11.2 Å². The predicted molar refractivity (Wildman–Crippen MR) is 98.9 cm³/mol. The van der Waals surface area contributed by atoms with Gasteiger partial charge in [-0.3, -0.25) is 4.79 Å². The largest absolute Gasteiger partial charge is 0.492 e.